The van der Waals surface area contributed by atoms with E-state index >= 15 is 0 Å². The summed E-state index contributed by atoms with van der Waals surface area (Å²) in [6.45, 7) is 0.586. The standard InChI is InChI=1S/C23H18F4N6O/c24-14-9-30-20(31-10-14)15-2-1-5-28-18(15)21(34)33-11-13-6-22(13)7-16(19(22)33)32-17-4-3-12(8-29-17)23(25,26)27/h1-5,8-10,13,16,19H,6-7,11H2,(H,29,32). The van der Waals surface area contributed by atoms with Crippen molar-refractivity contribution in [3.63, 3.8) is 0 Å². The van der Waals surface area contributed by atoms with Gasteiger partial charge >= 0.3 is 6.18 Å². The van der Waals surface area contributed by atoms with Crippen molar-refractivity contribution in [2.75, 3.05) is 11.9 Å². The molecule has 34 heavy (non-hydrogen) atoms. The Bertz CT molecular complexity index is 1270. The third-order valence-electron chi connectivity index (χ3n) is 7.16. The van der Waals surface area contributed by atoms with Gasteiger partial charge in [-0.15, -0.1) is 0 Å². The summed E-state index contributed by atoms with van der Waals surface area (Å²) in [5.74, 6) is 0.0837. The van der Waals surface area contributed by atoms with Crippen LogP contribution in [0.15, 0.2) is 49.1 Å². The lowest BCUT2D eigenvalue weighted by Gasteiger charge is -2.48. The van der Waals surface area contributed by atoms with E-state index in [2.05, 4.69) is 25.3 Å². The molecule has 1 aliphatic heterocycles. The predicted octanol–water partition coefficient (Wildman–Crippen LogP) is 3.81. The van der Waals surface area contributed by atoms with Crippen LogP contribution in [0.25, 0.3) is 11.4 Å². The molecule has 2 aliphatic carbocycles. The minimum Gasteiger partial charge on any atom is -0.365 e. The van der Waals surface area contributed by atoms with Gasteiger partial charge in [0, 0.05) is 25.0 Å². The molecule has 1 spiro atoms. The Morgan fingerprint density at radius 3 is 2.56 bits per heavy atom. The molecule has 0 aromatic carbocycles. The second-order valence-corrected chi connectivity index (χ2v) is 9.05. The van der Waals surface area contributed by atoms with Crippen LogP contribution in [0.4, 0.5) is 23.4 Å². The molecule has 174 valence electrons. The number of piperidine rings is 1. The van der Waals surface area contributed by atoms with Crippen molar-refractivity contribution in [1.82, 2.24) is 24.8 Å². The van der Waals surface area contributed by atoms with Crippen LogP contribution in [0, 0.1) is 17.2 Å². The molecule has 3 aliphatic rings. The molecule has 0 radical (unpaired) electrons. The summed E-state index contributed by atoms with van der Waals surface area (Å²) >= 11 is 0. The van der Waals surface area contributed by atoms with Crippen LogP contribution in [0.2, 0.25) is 0 Å². The van der Waals surface area contributed by atoms with Gasteiger partial charge in [-0.3, -0.25) is 9.78 Å². The number of halogens is 4. The maximum absolute atomic E-state index is 13.6. The van der Waals surface area contributed by atoms with E-state index in [1.54, 1.807) is 17.0 Å². The van der Waals surface area contributed by atoms with Crippen LogP contribution in [0.3, 0.4) is 0 Å². The topological polar surface area (TPSA) is 83.9 Å². The Morgan fingerprint density at radius 2 is 1.85 bits per heavy atom. The Hall–Kier alpha value is -3.63. The Balaban J connectivity index is 1.25. The molecule has 11 heteroatoms. The summed E-state index contributed by atoms with van der Waals surface area (Å²) in [7, 11) is 0. The van der Waals surface area contributed by atoms with Gasteiger partial charge in [0.05, 0.1) is 29.6 Å². The molecule has 1 N–H and O–H groups in total. The number of nitrogens with zero attached hydrogens (tertiary/aromatic N) is 5. The zero-order valence-electron chi connectivity index (χ0n) is 17.6. The zero-order valence-corrected chi connectivity index (χ0v) is 17.6. The Morgan fingerprint density at radius 1 is 1.06 bits per heavy atom. The molecule has 3 aromatic rings. The number of rotatable bonds is 4. The van der Waals surface area contributed by atoms with Gasteiger partial charge in [0.25, 0.3) is 5.91 Å². The summed E-state index contributed by atoms with van der Waals surface area (Å²) < 4.78 is 51.8. The lowest BCUT2D eigenvalue weighted by molar-refractivity contribution is -0.137. The SMILES string of the molecule is O=C(c1ncccc1-c1ncc(F)cn1)N1CC2CC23CC(Nc2ccc(C(F)(F)F)cn2)C13. The van der Waals surface area contributed by atoms with Crippen LogP contribution in [0.1, 0.15) is 28.9 Å². The number of hydrogen-bond acceptors (Lipinski definition) is 6. The molecule has 0 bridgehead atoms. The number of pyridine rings is 2. The van der Waals surface area contributed by atoms with Crippen LogP contribution in [0.5, 0.6) is 0 Å². The van der Waals surface area contributed by atoms with E-state index in [-0.39, 0.29) is 34.9 Å². The molecule has 1 amide bonds. The number of anilines is 1. The number of aromatic nitrogens is 4. The van der Waals surface area contributed by atoms with Crippen LogP contribution < -0.4 is 5.32 Å². The minimum absolute atomic E-state index is 0.0422. The van der Waals surface area contributed by atoms with E-state index in [0.29, 0.717) is 23.8 Å². The van der Waals surface area contributed by atoms with Gasteiger partial charge in [0.1, 0.15) is 11.5 Å². The van der Waals surface area contributed by atoms with E-state index in [1.165, 1.54) is 12.3 Å². The maximum atomic E-state index is 13.6. The second-order valence-electron chi connectivity index (χ2n) is 9.05. The van der Waals surface area contributed by atoms with E-state index in [9.17, 15) is 22.4 Å². The van der Waals surface area contributed by atoms with Crippen molar-refractivity contribution in [3.05, 3.63) is 66.1 Å². The summed E-state index contributed by atoms with van der Waals surface area (Å²) in [4.78, 5) is 31.5. The van der Waals surface area contributed by atoms with Gasteiger partial charge in [-0.05, 0) is 48.4 Å². The normalized spacial score (nSPS) is 26.9. The zero-order chi connectivity index (χ0) is 23.7. The number of amides is 1. The third-order valence-corrected chi connectivity index (χ3v) is 7.16. The van der Waals surface area contributed by atoms with Crippen molar-refractivity contribution in [1.29, 1.82) is 0 Å². The van der Waals surface area contributed by atoms with Gasteiger partial charge in [-0.25, -0.2) is 19.3 Å². The first kappa shape index (κ1) is 20.9. The molecule has 6 rings (SSSR count). The molecule has 4 atom stereocenters. The summed E-state index contributed by atoms with van der Waals surface area (Å²) in [5, 5.41) is 3.21. The molecule has 3 fully saturated rings. The average molecular weight is 470 g/mol. The number of nitrogens with one attached hydrogen (secondary N) is 1. The van der Waals surface area contributed by atoms with Gasteiger partial charge in [0.15, 0.2) is 11.6 Å². The van der Waals surface area contributed by atoms with Crippen LogP contribution in [-0.2, 0) is 6.18 Å². The highest BCUT2D eigenvalue weighted by molar-refractivity contribution is 5.99. The second kappa shape index (κ2) is 7.18. The van der Waals surface area contributed by atoms with Crippen molar-refractivity contribution < 1.29 is 22.4 Å². The van der Waals surface area contributed by atoms with Crippen LogP contribution in [-0.4, -0.2) is 49.4 Å². The van der Waals surface area contributed by atoms with Gasteiger partial charge < -0.3 is 10.2 Å². The fourth-order valence-corrected chi connectivity index (χ4v) is 5.54. The number of carbonyl (C=O) groups excluding carboxylic acids is 1. The molecular weight excluding hydrogens is 452 g/mol. The van der Waals surface area contributed by atoms with Gasteiger partial charge in [-0.2, -0.15) is 13.2 Å². The van der Waals surface area contributed by atoms with Crippen molar-refractivity contribution >= 4 is 11.7 Å². The fourth-order valence-electron chi connectivity index (χ4n) is 5.54. The smallest absolute Gasteiger partial charge is 0.365 e. The molecule has 7 nitrogen and oxygen atoms in total. The van der Waals surface area contributed by atoms with Gasteiger partial charge in [0.2, 0.25) is 0 Å². The molecule has 4 heterocycles. The largest absolute Gasteiger partial charge is 0.417 e. The summed E-state index contributed by atoms with van der Waals surface area (Å²) in [6.07, 6.45) is 1.78. The first-order valence-corrected chi connectivity index (χ1v) is 10.8. The lowest BCUT2D eigenvalue weighted by atomic mass is 9.71. The highest BCUT2D eigenvalue weighted by atomic mass is 19.4. The number of carbonyl (C=O) groups is 1. The Labute approximate surface area is 191 Å². The maximum Gasteiger partial charge on any atom is 0.417 e. The Kier molecular flexibility index (Phi) is 4.42. The highest BCUT2D eigenvalue weighted by Gasteiger charge is 2.75. The van der Waals surface area contributed by atoms with Crippen LogP contribution >= 0.6 is 0 Å². The molecule has 1 saturated heterocycles. The lowest BCUT2D eigenvalue weighted by Crippen LogP contribution is -2.60. The highest BCUT2D eigenvalue weighted by Crippen LogP contribution is 2.71. The summed E-state index contributed by atoms with van der Waals surface area (Å²) in [5.41, 5.74) is -0.173. The number of likely N-dealkylation sites (tertiary alicyclic amines) is 1. The summed E-state index contributed by atoms with van der Waals surface area (Å²) in [6, 6.07) is 5.38. The van der Waals surface area contributed by atoms with Gasteiger partial charge in [-0.1, -0.05) is 0 Å². The molecule has 4 unspecified atom stereocenters. The predicted molar refractivity (Wildman–Crippen MR) is 112 cm³/mol. The van der Waals surface area contributed by atoms with E-state index in [4.69, 9.17) is 0 Å². The monoisotopic (exact) mass is 470 g/mol. The average Bonchev–Trinajstić information content (AvgIpc) is 3.47. The number of alkyl halides is 3. The number of hydrogen-bond donors (Lipinski definition) is 1. The van der Waals surface area contributed by atoms with Crippen molar-refractivity contribution in [2.24, 2.45) is 11.3 Å². The first-order chi connectivity index (χ1) is 16.3. The first-order valence-electron chi connectivity index (χ1n) is 10.8. The quantitative estimate of drug-likeness (QED) is 0.584. The van der Waals surface area contributed by atoms with Crippen molar-refractivity contribution in [2.45, 2.75) is 31.1 Å². The minimum atomic E-state index is -4.45. The molecular formula is C23H18F4N6O. The third kappa shape index (κ3) is 3.21. The molecule has 2 saturated carbocycles. The van der Waals surface area contributed by atoms with Crippen molar-refractivity contribution in [3.8, 4) is 11.4 Å². The molecule has 3 aromatic heterocycles. The fraction of sp³-hybridized carbons (Fsp3) is 0.348. The van der Waals surface area contributed by atoms with E-state index in [1.807, 2.05) is 0 Å². The van der Waals surface area contributed by atoms with E-state index < -0.39 is 17.6 Å². The van der Waals surface area contributed by atoms with E-state index in [0.717, 1.165) is 37.5 Å².